The SMILES string of the molecule is CC(=N[C@H](CO)C(C)C)C(=N[C@H](CO)C(C)C)c1ccccc1O. The number of para-hydroxylation sites is 1. The molecule has 0 radical (unpaired) electrons. The van der Waals surface area contributed by atoms with Crippen molar-refractivity contribution in [1.82, 2.24) is 0 Å². The van der Waals surface area contributed by atoms with E-state index in [9.17, 15) is 15.3 Å². The van der Waals surface area contributed by atoms with Gasteiger partial charge in [0.05, 0.1) is 36.7 Å². The quantitative estimate of drug-likeness (QED) is 0.639. The molecule has 0 saturated heterocycles. The second kappa shape index (κ2) is 9.55. The topological polar surface area (TPSA) is 85.4 Å². The maximum atomic E-state index is 10.2. The highest BCUT2D eigenvalue weighted by atomic mass is 16.3. The van der Waals surface area contributed by atoms with Gasteiger partial charge in [-0.25, -0.2) is 0 Å². The van der Waals surface area contributed by atoms with Crippen LogP contribution in [0.3, 0.4) is 0 Å². The summed E-state index contributed by atoms with van der Waals surface area (Å²) in [5.41, 5.74) is 1.78. The van der Waals surface area contributed by atoms with E-state index in [2.05, 4.69) is 9.98 Å². The van der Waals surface area contributed by atoms with Crippen LogP contribution in [0.4, 0.5) is 0 Å². The van der Waals surface area contributed by atoms with Crippen LogP contribution in [0.5, 0.6) is 5.75 Å². The minimum atomic E-state index is -0.281. The van der Waals surface area contributed by atoms with Gasteiger partial charge in [0.25, 0.3) is 0 Å². The molecule has 0 aliphatic carbocycles. The lowest BCUT2D eigenvalue weighted by molar-refractivity contribution is 0.239. The van der Waals surface area contributed by atoms with E-state index >= 15 is 0 Å². The van der Waals surface area contributed by atoms with Crippen molar-refractivity contribution in [1.29, 1.82) is 0 Å². The Morgan fingerprint density at radius 2 is 1.42 bits per heavy atom. The van der Waals surface area contributed by atoms with Crippen LogP contribution in [0.2, 0.25) is 0 Å². The average molecular weight is 334 g/mol. The number of benzene rings is 1. The normalized spacial score (nSPS) is 15.9. The summed E-state index contributed by atoms with van der Waals surface area (Å²) in [7, 11) is 0. The molecular formula is C19H30N2O3. The Bertz CT molecular complexity index is 580. The fourth-order valence-electron chi connectivity index (χ4n) is 2.31. The summed E-state index contributed by atoms with van der Waals surface area (Å²) in [6.45, 7) is 9.68. The van der Waals surface area contributed by atoms with Crippen LogP contribution in [0.25, 0.3) is 0 Å². The maximum Gasteiger partial charge on any atom is 0.125 e. The van der Waals surface area contributed by atoms with Crippen molar-refractivity contribution in [3.8, 4) is 5.75 Å². The molecule has 1 rings (SSSR count). The Morgan fingerprint density at radius 1 is 0.917 bits per heavy atom. The van der Waals surface area contributed by atoms with E-state index in [0.29, 0.717) is 17.0 Å². The summed E-state index contributed by atoms with van der Waals surface area (Å²) in [5, 5.41) is 29.3. The highest BCUT2D eigenvalue weighted by molar-refractivity contribution is 6.48. The van der Waals surface area contributed by atoms with Gasteiger partial charge >= 0.3 is 0 Å². The summed E-state index contributed by atoms with van der Waals surface area (Å²) in [6.07, 6.45) is 0. The third-order valence-electron chi connectivity index (χ3n) is 4.07. The zero-order valence-corrected chi connectivity index (χ0v) is 15.3. The van der Waals surface area contributed by atoms with E-state index in [-0.39, 0.29) is 42.9 Å². The molecule has 0 unspecified atom stereocenters. The van der Waals surface area contributed by atoms with Gasteiger partial charge in [-0.15, -0.1) is 0 Å². The van der Waals surface area contributed by atoms with E-state index in [4.69, 9.17) is 0 Å². The summed E-state index contributed by atoms with van der Waals surface area (Å²) in [5.74, 6) is 0.466. The Balaban J connectivity index is 3.41. The van der Waals surface area contributed by atoms with Crippen LogP contribution in [0, 0.1) is 11.8 Å². The van der Waals surface area contributed by atoms with Gasteiger partial charge in [0.15, 0.2) is 0 Å². The number of aliphatic hydroxyl groups is 2. The maximum absolute atomic E-state index is 10.2. The predicted molar refractivity (Wildman–Crippen MR) is 99.2 cm³/mol. The molecule has 3 N–H and O–H groups in total. The van der Waals surface area contributed by atoms with Gasteiger partial charge in [0, 0.05) is 5.56 Å². The van der Waals surface area contributed by atoms with Crippen LogP contribution >= 0.6 is 0 Å². The number of aromatic hydroxyl groups is 1. The lowest BCUT2D eigenvalue weighted by Crippen LogP contribution is -2.26. The van der Waals surface area contributed by atoms with Crippen LogP contribution in [0.15, 0.2) is 34.3 Å². The predicted octanol–water partition coefficient (Wildman–Crippen LogP) is 2.68. The number of aliphatic imine (C=N–C) groups is 2. The van der Waals surface area contributed by atoms with E-state index in [0.717, 1.165) is 0 Å². The van der Waals surface area contributed by atoms with Gasteiger partial charge in [-0.3, -0.25) is 9.98 Å². The highest BCUT2D eigenvalue weighted by Crippen LogP contribution is 2.20. The number of rotatable bonds is 8. The van der Waals surface area contributed by atoms with Gasteiger partial charge in [0.2, 0.25) is 0 Å². The average Bonchev–Trinajstić information content (AvgIpc) is 2.53. The van der Waals surface area contributed by atoms with Crippen molar-refractivity contribution in [2.45, 2.75) is 46.7 Å². The smallest absolute Gasteiger partial charge is 0.125 e. The van der Waals surface area contributed by atoms with Crippen molar-refractivity contribution in [3.63, 3.8) is 0 Å². The van der Waals surface area contributed by atoms with E-state index in [1.807, 2.05) is 40.7 Å². The number of aliphatic hydroxyl groups excluding tert-OH is 2. The molecule has 1 aromatic carbocycles. The standard InChI is InChI=1S/C19H30N2O3/c1-12(2)16(10-22)20-14(5)19(21-17(11-23)13(3)4)15-8-6-7-9-18(15)24/h6-9,12-13,16-17,22-24H,10-11H2,1-5H3/t16-,17-/m1/s1. The lowest BCUT2D eigenvalue weighted by Gasteiger charge is -2.19. The first kappa shape index (κ1) is 20.3. The van der Waals surface area contributed by atoms with Crippen molar-refractivity contribution in [2.24, 2.45) is 21.8 Å². The number of nitrogens with zero attached hydrogens (tertiary/aromatic N) is 2. The van der Waals surface area contributed by atoms with E-state index in [1.54, 1.807) is 18.2 Å². The monoisotopic (exact) mass is 334 g/mol. The van der Waals surface area contributed by atoms with Gasteiger partial charge in [-0.1, -0.05) is 39.8 Å². The van der Waals surface area contributed by atoms with Crippen LogP contribution in [-0.2, 0) is 0 Å². The molecule has 1 aromatic rings. The molecule has 5 nitrogen and oxygen atoms in total. The van der Waals surface area contributed by atoms with Crippen LogP contribution in [0.1, 0.15) is 40.2 Å². The zero-order valence-electron chi connectivity index (χ0n) is 15.3. The largest absolute Gasteiger partial charge is 0.507 e. The number of phenols is 1. The van der Waals surface area contributed by atoms with Gasteiger partial charge in [0.1, 0.15) is 5.75 Å². The zero-order chi connectivity index (χ0) is 18.3. The van der Waals surface area contributed by atoms with Crippen LogP contribution < -0.4 is 0 Å². The minimum Gasteiger partial charge on any atom is -0.507 e. The Hall–Kier alpha value is -1.72. The highest BCUT2D eigenvalue weighted by Gasteiger charge is 2.19. The van der Waals surface area contributed by atoms with E-state index in [1.165, 1.54) is 0 Å². The Labute approximate surface area is 144 Å². The van der Waals surface area contributed by atoms with Gasteiger partial charge in [-0.2, -0.15) is 0 Å². The first-order chi connectivity index (χ1) is 11.3. The fourth-order valence-corrected chi connectivity index (χ4v) is 2.31. The van der Waals surface area contributed by atoms with Gasteiger partial charge < -0.3 is 15.3 Å². The Kier molecular flexibility index (Phi) is 8.08. The molecule has 134 valence electrons. The summed E-state index contributed by atoms with van der Waals surface area (Å²) < 4.78 is 0. The molecule has 24 heavy (non-hydrogen) atoms. The first-order valence-electron chi connectivity index (χ1n) is 8.44. The van der Waals surface area contributed by atoms with Crippen molar-refractivity contribution in [2.75, 3.05) is 13.2 Å². The molecule has 0 bridgehead atoms. The molecule has 2 atom stereocenters. The fraction of sp³-hybridized carbons (Fsp3) is 0.579. The molecule has 0 aromatic heterocycles. The summed E-state index contributed by atoms with van der Waals surface area (Å²) in [4.78, 5) is 9.27. The number of phenolic OH excluding ortho intramolecular Hbond substituents is 1. The minimum absolute atomic E-state index is 0.0450. The summed E-state index contributed by atoms with van der Waals surface area (Å²) in [6, 6.07) is 6.45. The number of hydrogen-bond acceptors (Lipinski definition) is 5. The molecule has 0 fully saturated rings. The molecule has 0 aliphatic heterocycles. The summed E-state index contributed by atoms with van der Waals surface area (Å²) >= 11 is 0. The molecule has 0 heterocycles. The van der Waals surface area contributed by atoms with Crippen molar-refractivity contribution < 1.29 is 15.3 Å². The third kappa shape index (κ3) is 5.42. The molecular weight excluding hydrogens is 304 g/mol. The molecule has 0 saturated carbocycles. The lowest BCUT2D eigenvalue weighted by atomic mass is 10.0. The second-order valence-corrected chi connectivity index (χ2v) is 6.70. The molecule has 0 aliphatic rings. The van der Waals surface area contributed by atoms with Crippen molar-refractivity contribution >= 4 is 11.4 Å². The Morgan fingerprint density at radius 3 is 1.88 bits per heavy atom. The third-order valence-corrected chi connectivity index (χ3v) is 4.07. The molecule has 5 heteroatoms. The second-order valence-electron chi connectivity index (χ2n) is 6.70. The first-order valence-corrected chi connectivity index (χ1v) is 8.44. The number of hydrogen-bond donors (Lipinski definition) is 3. The molecule has 0 spiro atoms. The van der Waals surface area contributed by atoms with Gasteiger partial charge in [-0.05, 0) is 30.9 Å². The van der Waals surface area contributed by atoms with Crippen molar-refractivity contribution in [3.05, 3.63) is 29.8 Å². The molecule has 0 amide bonds. The van der Waals surface area contributed by atoms with Crippen LogP contribution in [-0.4, -0.2) is 52.0 Å². The van der Waals surface area contributed by atoms with E-state index < -0.39 is 0 Å².